The lowest BCUT2D eigenvalue weighted by molar-refractivity contribution is 0.625. The molecule has 0 unspecified atom stereocenters. The van der Waals surface area contributed by atoms with Crippen LogP contribution >= 0.6 is 0 Å². The summed E-state index contributed by atoms with van der Waals surface area (Å²) in [7, 11) is 0. The number of nitrogens with zero attached hydrogens (tertiary/aromatic N) is 3. The molecular formula is C16H19N5. The van der Waals surface area contributed by atoms with Crippen LogP contribution in [-0.4, -0.2) is 15.5 Å². The molecule has 1 aromatic carbocycles. The Balaban J connectivity index is 2.30. The maximum atomic E-state index is 9.12. The van der Waals surface area contributed by atoms with E-state index in [1.54, 1.807) is 6.07 Å². The lowest BCUT2D eigenvalue weighted by atomic mass is 10.1. The molecule has 5 nitrogen and oxygen atoms in total. The number of benzene rings is 1. The number of hydrogen-bond acceptors (Lipinski definition) is 5. The van der Waals surface area contributed by atoms with Crippen molar-refractivity contribution in [3.8, 4) is 6.07 Å². The molecule has 0 atom stereocenters. The third kappa shape index (κ3) is 4.18. The lowest BCUT2D eigenvalue weighted by Gasteiger charge is -2.21. The average molecular weight is 281 g/mol. The SMILES string of the molecule is Cc1cc(Nc2ccccc2C#N)nc(NC(C)(C)C)n1. The maximum Gasteiger partial charge on any atom is 0.225 e. The minimum atomic E-state index is -0.115. The number of para-hydroxylation sites is 1. The molecule has 0 bridgehead atoms. The molecule has 2 N–H and O–H groups in total. The highest BCUT2D eigenvalue weighted by atomic mass is 15.2. The van der Waals surface area contributed by atoms with Gasteiger partial charge in [-0.1, -0.05) is 12.1 Å². The molecule has 0 aliphatic carbocycles. The summed E-state index contributed by atoms with van der Waals surface area (Å²) in [4.78, 5) is 8.82. The van der Waals surface area contributed by atoms with E-state index in [-0.39, 0.29) is 5.54 Å². The van der Waals surface area contributed by atoms with Crippen LogP contribution in [0.25, 0.3) is 0 Å². The third-order valence-electron chi connectivity index (χ3n) is 2.65. The van der Waals surface area contributed by atoms with Crippen molar-refractivity contribution in [1.82, 2.24) is 9.97 Å². The lowest BCUT2D eigenvalue weighted by Crippen LogP contribution is -2.27. The number of nitrogens with one attached hydrogen (secondary N) is 2. The largest absolute Gasteiger partial charge is 0.350 e. The summed E-state index contributed by atoms with van der Waals surface area (Å²) in [6.07, 6.45) is 0. The molecule has 0 saturated heterocycles. The predicted octanol–water partition coefficient (Wildman–Crippen LogP) is 3.61. The van der Waals surface area contributed by atoms with E-state index in [4.69, 9.17) is 5.26 Å². The highest BCUT2D eigenvalue weighted by Crippen LogP contribution is 2.21. The molecule has 0 spiro atoms. The smallest absolute Gasteiger partial charge is 0.225 e. The van der Waals surface area contributed by atoms with Crippen LogP contribution in [-0.2, 0) is 0 Å². The highest BCUT2D eigenvalue weighted by Gasteiger charge is 2.12. The van der Waals surface area contributed by atoms with Gasteiger partial charge in [0.15, 0.2) is 0 Å². The minimum Gasteiger partial charge on any atom is -0.350 e. The fourth-order valence-electron chi connectivity index (χ4n) is 1.85. The molecule has 108 valence electrons. The van der Waals surface area contributed by atoms with Crippen molar-refractivity contribution in [2.24, 2.45) is 0 Å². The molecule has 0 aliphatic heterocycles. The zero-order chi connectivity index (χ0) is 15.5. The molecule has 0 aliphatic rings. The Kier molecular flexibility index (Phi) is 4.08. The third-order valence-corrected chi connectivity index (χ3v) is 2.65. The van der Waals surface area contributed by atoms with Crippen LogP contribution in [0.2, 0.25) is 0 Å². The van der Waals surface area contributed by atoms with E-state index in [0.29, 0.717) is 17.3 Å². The van der Waals surface area contributed by atoms with E-state index in [2.05, 4.69) is 47.4 Å². The topological polar surface area (TPSA) is 73.6 Å². The van der Waals surface area contributed by atoms with Gasteiger partial charge in [-0.25, -0.2) is 4.98 Å². The number of nitriles is 1. The number of aromatic nitrogens is 2. The van der Waals surface area contributed by atoms with Gasteiger partial charge in [-0.05, 0) is 39.8 Å². The second-order valence-corrected chi connectivity index (χ2v) is 5.88. The van der Waals surface area contributed by atoms with Gasteiger partial charge in [-0.3, -0.25) is 0 Å². The summed E-state index contributed by atoms with van der Waals surface area (Å²) in [5, 5.41) is 15.5. The number of aryl methyl sites for hydroxylation is 1. The molecule has 0 amide bonds. The molecule has 2 aromatic rings. The van der Waals surface area contributed by atoms with Crippen molar-refractivity contribution in [2.75, 3.05) is 10.6 Å². The summed E-state index contributed by atoms with van der Waals surface area (Å²) in [5.41, 5.74) is 2.06. The first kappa shape index (κ1) is 14.8. The molecule has 1 heterocycles. The normalized spacial score (nSPS) is 10.8. The minimum absolute atomic E-state index is 0.115. The Hall–Kier alpha value is -2.61. The van der Waals surface area contributed by atoms with E-state index in [1.165, 1.54) is 0 Å². The maximum absolute atomic E-state index is 9.12. The molecule has 0 fully saturated rings. The van der Waals surface area contributed by atoms with Crippen LogP contribution in [0, 0.1) is 18.3 Å². The summed E-state index contributed by atoms with van der Waals surface area (Å²) in [5.74, 6) is 1.23. The van der Waals surface area contributed by atoms with Crippen molar-refractivity contribution in [1.29, 1.82) is 5.26 Å². The first-order valence-corrected chi connectivity index (χ1v) is 6.77. The number of anilines is 3. The second kappa shape index (κ2) is 5.80. The van der Waals surface area contributed by atoms with E-state index in [1.807, 2.05) is 31.2 Å². The number of hydrogen-bond donors (Lipinski definition) is 2. The van der Waals surface area contributed by atoms with Crippen LogP contribution in [0.5, 0.6) is 0 Å². The Bertz CT molecular complexity index is 680. The van der Waals surface area contributed by atoms with Gasteiger partial charge in [0, 0.05) is 17.3 Å². The van der Waals surface area contributed by atoms with Gasteiger partial charge in [0.1, 0.15) is 11.9 Å². The molecule has 0 radical (unpaired) electrons. The van der Waals surface area contributed by atoms with Gasteiger partial charge in [0.2, 0.25) is 5.95 Å². The van der Waals surface area contributed by atoms with E-state index >= 15 is 0 Å². The van der Waals surface area contributed by atoms with Gasteiger partial charge in [-0.15, -0.1) is 0 Å². The molecule has 1 aromatic heterocycles. The first-order valence-electron chi connectivity index (χ1n) is 6.77. The van der Waals surface area contributed by atoms with Gasteiger partial charge in [0.05, 0.1) is 11.3 Å². The second-order valence-electron chi connectivity index (χ2n) is 5.88. The van der Waals surface area contributed by atoms with Crippen LogP contribution in [0.4, 0.5) is 17.5 Å². The molecule has 2 rings (SSSR count). The highest BCUT2D eigenvalue weighted by molar-refractivity contribution is 5.65. The Morgan fingerprint density at radius 2 is 1.86 bits per heavy atom. The van der Waals surface area contributed by atoms with Crippen molar-refractivity contribution in [2.45, 2.75) is 33.2 Å². The Morgan fingerprint density at radius 3 is 2.52 bits per heavy atom. The van der Waals surface area contributed by atoms with Gasteiger partial charge in [0.25, 0.3) is 0 Å². The monoisotopic (exact) mass is 281 g/mol. The summed E-state index contributed by atoms with van der Waals surface area (Å²) in [6, 6.07) is 11.3. The van der Waals surface area contributed by atoms with E-state index in [0.717, 1.165) is 11.4 Å². The molecule has 21 heavy (non-hydrogen) atoms. The Morgan fingerprint density at radius 1 is 1.14 bits per heavy atom. The van der Waals surface area contributed by atoms with Crippen molar-refractivity contribution in [3.63, 3.8) is 0 Å². The zero-order valence-electron chi connectivity index (χ0n) is 12.7. The quantitative estimate of drug-likeness (QED) is 0.899. The van der Waals surface area contributed by atoms with Crippen molar-refractivity contribution < 1.29 is 0 Å². The first-order chi connectivity index (χ1) is 9.87. The summed E-state index contributed by atoms with van der Waals surface area (Å²) in [6.45, 7) is 8.07. The van der Waals surface area contributed by atoms with Crippen LogP contribution in [0.1, 0.15) is 32.0 Å². The van der Waals surface area contributed by atoms with Crippen LogP contribution in [0.15, 0.2) is 30.3 Å². The van der Waals surface area contributed by atoms with E-state index < -0.39 is 0 Å². The van der Waals surface area contributed by atoms with Crippen molar-refractivity contribution >= 4 is 17.5 Å². The molecule has 0 saturated carbocycles. The Labute approximate surface area is 125 Å². The number of rotatable bonds is 3. The van der Waals surface area contributed by atoms with Crippen LogP contribution < -0.4 is 10.6 Å². The standard InChI is InChI=1S/C16H19N5/c1-11-9-14(20-15(18-11)21-16(2,3)4)19-13-8-6-5-7-12(13)10-17/h5-9H,1-4H3,(H2,18,19,20,21). The van der Waals surface area contributed by atoms with Gasteiger partial charge < -0.3 is 10.6 Å². The van der Waals surface area contributed by atoms with Gasteiger partial charge >= 0.3 is 0 Å². The molecular weight excluding hydrogens is 262 g/mol. The average Bonchev–Trinajstić information content (AvgIpc) is 2.36. The fraction of sp³-hybridized carbons (Fsp3) is 0.312. The van der Waals surface area contributed by atoms with Crippen molar-refractivity contribution in [3.05, 3.63) is 41.6 Å². The fourth-order valence-corrected chi connectivity index (χ4v) is 1.85. The zero-order valence-corrected chi connectivity index (χ0v) is 12.7. The molecule has 5 heteroatoms. The van der Waals surface area contributed by atoms with E-state index in [9.17, 15) is 0 Å². The summed E-state index contributed by atoms with van der Waals surface area (Å²) >= 11 is 0. The summed E-state index contributed by atoms with van der Waals surface area (Å²) < 4.78 is 0. The predicted molar refractivity (Wildman–Crippen MR) is 84.6 cm³/mol. The van der Waals surface area contributed by atoms with Gasteiger partial charge in [-0.2, -0.15) is 10.2 Å². The van der Waals surface area contributed by atoms with Crippen LogP contribution in [0.3, 0.4) is 0 Å².